The summed E-state index contributed by atoms with van der Waals surface area (Å²) in [6.45, 7) is 3.43. The van der Waals surface area contributed by atoms with Crippen molar-refractivity contribution in [3.05, 3.63) is 81.6 Å². The van der Waals surface area contributed by atoms with Gasteiger partial charge in [-0.05, 0) is 49.3 Å². The number of carbonyl (C=O) groups is 2. The minimum atomic E-state index is -0.903. The Labute approximate surface area is 203 Å². The van der Waals surface area contributed by atoms with Gasteiger partial charge >= 0.3 is 0 Å². The lowest BCUT2D eigenvalue weighted by molar-refractivity contribution is -0.123. The van der Waals surface area contributed by atoms with Crippen LogP contribution in [0.1, 0.15) is 41.9 Å². The number of H-pyrrole nitrogens is 1. The van der Waals surface area contributed by atoms with Gasteiger partial charge in [-0.25, -0.2) is 0 Å². The van der Waals surface area contributed by atoms with Crippen LogP contribution < -0.4 is 21.1 Å². The Balaban J connectivity index is 1.32. The quantitative estimate of drug-likeness (QED) is 0.527. The lowest BCUT2D eigenvalue weighted by Crippen LogP contribution is -2.40. The molecule has 2 aliphatic heterocycles. The number of nitrogens with zero attached hydrogens (tertiary/aromatic N) is 2. The molecule has 2 aliphatic rings. The Morgan fingerprint density at radius 1 is 1.06 bits per heavy atom. The second-order valence-corrected chi connectivity index (χ2v) is 9.38. The summed E-state index contributed by atoms with van der Waals surface area (Å²) >= 11 is 0. The Kier molecular flexibility index (Phi) is 6.35. The first-order chi connectivity index (χ1) is 17.0. The van der Waals surface area contributed by atoms with Gasteiger partial charge in [-0.3, -0.25) is 19.4 Å². The molecule has 180 valence electrons. The third-order valence-electron chi connectivity index (χ3n) is 6.94. The number of rotatable bonds is 5. The van der Waals surface area contributed by atoms with Crippen molar-refractivity contribution in [1.29, 1.82) is 0 Å². The van der Waals surface area contributed by atoms with Crippen LogP contribution in [0.15, 0.2) is 59.4 Å². The molecule has 0 aliphatic carbocycles. The van der Waals surface area contributed by atoms with Crippen LogP contribution in [0.25, 0.3) is 0 Å². The molecule has 5 rings (SSSR count). The van der Waals surface area contributed by atoms with Crippen LogP contribution in [-0.4, -0.2) is 34.9 Å². The highest BCUT2D eigenvalue weighted by molar-refractivity contribution is 6.04. The van der Waals surface area contributed by atoms with Gasteiger partial charge in [-0.2, -0.15) is 4.98 Å². The fourth-order valence-electron chi connectivity index (χ4n) is 4.96. The minimum absolute atomic E-state index is 0.0975. The highest BCUT2D eigenvalue weighted by atomic mass is 16.2. The van der Waals surface area contributed by atoms with Crippen LogP contribution in [-0.2, 0) is 16.0 Å². The van der Waals surface area contributed by atoms with Crippen molar-refractivity contribution in [3.8, 4) is 0 Å². The number of aromatic amines is 1. The van der Waals surface area contributed by atoms with Crippen molar-refractivity contribution in [2.75, 3.05) is 28.6 Å². The first-order valence-electron chi connectivity index (χ1n) is 12.1. The number of anilines is 3. The average molecular weight is 472 g/mol. The molecule has 1 saturated heterocycles. The van der Waals surface area contributed by atoms with Crippen molar-refractivity contribution in [3.63, 3.8) is 0 Å². The van der Waals surface area contributed by atoms with Gasteiger partial charge in [0, 0.05) is 25.2 Å². The zero-order valence-corrected chi connectivity index (χ0v) is 19.7. The number of nitrogens with one attached hydrogen (secondary N) is 3. The smallest absolute Gasteiger partial charge is 0.258 e. The first-order valence-corrected chi connectivity index (χ1v) is 12.1. The van der Waals surface area contributed by atoms with Crippen LogP contribution in [0, 0.1) is 12.8 Å². The number of hydrogen-bond acceptors (Lipinski definition) is 5. The Bertz CT molecular complexity index is 1300. The molecule has 1 fully saturated rings. The molecule has 1 unspecified atom stereocenters. The van der Waals surface area contributed by atoms with Crippen molar-refractivity contribution in [1.82, 2.24) is 9.97 Å². The number of hydrogen-bond donors (Lipinski definition) is 3. The van der Waals surface area contributed by atoms with E-state index in [4.69, 9.17) is 0 Å². The maximum absolute atomic E-state index is 13.1. The number of aryl methyl sites for hydroxylation is 1. The SMILES string of the molecule is Cc1ccccc1NC(=O)C1CC(=O)Nc2nc(N3CCC(Cc4ccccc4)CC3)[nH]c(=O)c21. The summed E-state index contributed by atoms with van der Waals surface area (Å²) in [4.78, 5) is 48.1. The van der Waals surface area contributed by atoms with Gasteiger partial charge < -0.3 is 15.5 Å². The van der Waals surface area contributed by atoms with E-state index >= 15 is 0 Å². The Morgan fingerprint density at radius 3 is 2.51 bits per heavy atom. The number of carbonyl (C=O) groups excluding carboxylic acids is 2. The van der Waals surface area contributed by atoms with Gasteiger partial charge in [0.15, 0.2) is 0 Å². The van der Waals surface area contributed by atoms with E-state index in [1.807, 2.05) is 36.1 Å². The molecule has 0 bridgehead atoms. The zero-order chi connectivity index (χ0) is 24.4. The summed E-state index contributed by atoms with van der Waals surface area (Å²) in [7, 11) is 0. The molecule has 0 spiro atoms. The topological polar surface area (TPSA) is 107 Å². The fraction of sp³-hybridized carbons (Fsp3) is 0.333. The molecule has 0 saturated carbocycles. The maximum Gasteiger partial charge on any atom is 0.258 e. The lowest BCUT2D eigenvalue weighted by Gasteiger charge is -2.33. The van der Waals surface area contributed by atoms with Crippen LogP contribution >= 0.6 is 0 Å². The summed E-state index contributed by atoms with van der Waals surface area (Å²) in [5.41, 5.74) is 2.72. The van der Waals surface area contributed by atoms with Gasteiger partial charge in [0.2, 0.25) is 17.8 Å². The summed E-state index contributed by atoms with van der Waals surface area (Å²) in [6, 6.07) is 17.9. The third-order valence-corrected chi connectivity index (χ3v) is 6.94. The van der Waals surface area contributed by atoms with Crippen molar-refractivity contribution in [2.45, 2.75) is 38.5 Å². The highest BCUT2D eigenvalue weighted by Gasteiger charge is 2.35. The van der Waals surface area contributed by atoms with Crippen molar-refractivity contribution < 1.29 is 9.59 Å². The summed E-state index contributed by atoms with van der Waals surface area (Å²) in [5.74, 6) is -0.429. The Hall–Kier alpha value is -3.94. The second-order valence-electron chi connectivity index (χ2n) is 9.38. The molecule has 3 heterocycles. The van der Waals surface area contributed by atoms with Gasteiger partial charge in [0.25, 0.3) is 5.56 Å². The minimum Gasteiger partial charge on any atom is -0.342 e. The van der Waals surface area contributed by atoms with E-state index in [2.05, 4.69) is 44.9 Å². The molecule has 8 nitrogen and oxygen atoms in total. The average Bonchev–Trinajstić information content (AvgIpc) is 2.85. The van der Waals surface area contributed by atoms with Gasteiger partial charge in [0.1, 0.15) is 5.82 Å². The largest absolute Gasteiger partial charge is 0.342 e. The number of aromatic nitrogens is 2. The molecule has 1 atom stereocenters. The maximum atomic E-state index is 13.1. The van der Waals surface area contributed by atoms with E-state index < -0.39 is 11.8 Å². The first kappa shape index (κ1) is 22.8. The molecule has 2 aromatic carbocycles. The van der Waals surface area contributed by atoms with Gasteiger partial charge in [-0.1, -0.05) is 48.5 Å². The molecular formula is C27H29N5O3. The van der Waals surface area contributed by atoms with E-state index in [0.29, 0.717) is 17.6 Å². The van der Waals surface area contributed by atoms with Crippen LogP contribution in [0.4, 0.5) is 17.5 Å². The fourth-order valence-corrected chi connectivity index (χ4v) is 4.96. The Morgan fingerprint density at radius 2 is 1.77 bits per heavy atom. The predicted molar refractivity (Wildman–Crippen MR) is 136 cm³/mol. The molecule has 1 aromatic heterocycles. The summed E-state index contributed by atoms with van der Waals surface area (Å²) in [6.07, 6.45) is 2.92. The molecule has 35 heavy (non-hydrogen) atoms. The molecule has 0 radical (unpaired) electrons. The molecule has 2 amide bonds. The van der Waals surface area contributed by atoms with Crippen LogP contribution in [0.3, 0.4) is 0 Å². The monoisotopic (exact) mass is 471 g/mol. The number of benzene rings is 2. The second kappa shape index (κ2) is 9.74. The van der Waals surface area contributed by atoms with Gasteiger partial charge in [0.05, 0.1) is 11.5 Å². The zero-order valence-electron chi connectivity index (χ0n) is 19.7. The van der Waals surface area contributed by atoms with E-state index in [-0.39, 0.29) is 29.3 Å². The number of fused-ring (bicyclic) bond motifs is 1. The van der Waals surface area contributed by atoms with Crippen molar-refractivity contribution >= 4 is 29.3 Å². The number of piperidine rings is 1. The molecule has 3 N–H and O–H groups in total. The van der Waals surface area contributed by atoms with Crippen LogP contribution in [0.2, 0.25) is 0 Å². The molecular weight excluding hydrogens is 442 g/mol. The third kappa shape index (κ3) is 4.96. The molecule has 3 aromatic rings. The summed E-state index contributed by atoms with van der Waals surface area (Å²) < 4.78 is 0. The predicted octanol–water partition coefficient (Wildman–Crippen LogP) is 3.60. The molecule has 8 heteroatoms. The highest BCUT2D eigenvalue weighted by Crippen LogP contribution is 2.31. The van der Waals surface area contributed by atoms with Crippen molar-refractivity contribution in [2.24, 2.45) is 5.92 Å². The lowest BCUT2D eigenvalue weighted by atomic mass is 9.90. The van der Waals surface area contributed by atoms with E-state index in [0.717, 1.165) is 37.9 Å². The number of para-hydroxylation sites is 1. The number of amides is 2. The normalized spacial score (nSPS) is 18.0. The standard InChI is InChI=1S/C27H29N5O3/c1-17-7-5-6-10-21(17)28-25(34)20-16-22(33)29-24-23(20)26(35)31-27(30-24)32-13-11-19(12-14-32)15-18-8-3-2-4-9-18/h2-10,19-20H,11-16H2,1H3,(H,28,34)(H2,29,30,31,33,35). The van der Waals surface area contributed by atoms with Crippen LogP contribution in [0.5, 0.6) is 0 Å². The van der Waals surface area contributed by atoms with Gasteiger partial charge in [-0.15, -0.1) is 0 Å². The van der Waals surface area contributed by atoms with E-state index in [1.54, 1.807) is 6.07 Å². The van der Waals surface area contributed by atoms with E-state index in [1.165, 1.54) is 5.56 Å². The summed E-state index contributed by atoms with van der Waals surface area (Å²) in [5, 5.41) is 5.57. The van der Waals surface area contributed by atoms with E-state index in [9.17, 15) is 14.4 Å².